The van der Waals surface area contributed by atoms with Crippen molar-refractivity contribution in [2.75, 3.05) is 6.54 Å². The number of thiazole rings is 1. The molecule has 0 amide bonds. The van der Waals surface area contributed by atoms with E-state index in [-0.39, 0.29) is 5.82 Å². The lowest BCUT2D eigenvalue weighted by Gasteiger charge is -2.22. The van der Waals surface area contributed by atoms with Crippen LogP contribution in [0.4, 0.5) is 4.39 Å². The number of aryl methyl sites for hydroxylation is 2. The fourth-order valence-corrected chi connectivity index (χ4v) is 4.12. The van der Waals surface area contributed by atoms with E-state index in [1.165, 1.54) is 23.1 Å². The average molecular weight is 304 g/mol. The maximum absolute atomic E-state index is 13.5. The number of rotatable bonds is 4. The number of benzene rings is 1. The van der Waals surface area contributed by atoms with Gasteiger partial charge in [-0.05, 0) is 56.8 Å². The highest BCUT2D eigenvalue weighted by Gasteiger charge is 2.24. The summed E-state index contributed by atoms with van der Waals surface area (Å²) in [6, 6.07) is 5.32. The number of nitrogens with one attached hydrogen (secondary N) is 1. The van der Waals surface area contributed by atoms with Gasteiger partial charge in [0.2, 0.25) is 0 Å². The van der Waals surface area contributed by atoms with Gasteiger partial charge in [-0.1, -0.05) is 13.0 Å². The van der Waals surface area contributed by atoms with Gasteiger partial charge in [0.15, 0.2) is 0 Å². The van der Waals surface area contributed by atoms with Gasteiger partial charge in [-0.2, -0.15) is 0 Å². The van der Waals surface area contributed by atoms with E-state index in [0.717, 1.165) is 41.9 Å². The van der Waals surface area contributed by atoms with E-state index >= 15 is 0 Å². The molecule has 1 aromatic heterocycles. The van der Waals surface area contributed by atoms with Crippen LogP contribution in [0, 0.1) is 12.7 Å². The fourth-order valence-electron chi connectivity index (χ4n) is 2.88. The molecule has 3 rings (SSSR count). The summed E-state index contributed by atoms with van der Waals surface area (Å²) in [4.78, 5) is 6.22. The van der Waals surface area contributed by atoms with Gasteiger partial charge in [0.1, 0.15) is 10.8 Å². The molecule has 0 radical (unpaired) electrons. The summed E-state index contributed by atoms with van der Waals surface area (Å²) in [6.45, 7) is 5.22. The summed E-state index contributed by atoms with van der Waals surface area (Å²) in [6.07, 6.45) is 4.59. The average Bonchev–Trinajstić information content (AvgIpc) is 2.92. The van der Waals surface area contributed by atoms with Gasteiger partial charge in [0.25, 0.3) is 0 Å². The smallest absolute Gasteiger partial charge is 0.124 e. The molecule has 1 heterocycles. The van der Waals surface area contributed by atoms with E-state index in [0.29, 0.717) is 6.04 Å². The molecule has 1 aliphatic rings. The van der Waals surface area contributed by atoms with E-state index in [1.807, 2.05) is 13.0 Å². The molecule has 112 valence electrons. The van der Waals surface area contributed by atoms with Crippen LogP contribution in [0.5, 0.6) is 0 Å². The van der Waals surface area contributed by atoms with Crippen molar-refractivity contribution < 1.29 is 4.39 Å². The summed E-state index contributed by atoms with van der Waals surface area (Å²) in [5.41, 5.74) is 3.21. The maximum atomic E-state index is 13.5. The number of nitrogens with zero attached hydrogens (tertiary/aromatic N) is 1. The predicted octanol–water partition coefficient (Wildman–Crippen LogP) is 4.63. The Kier molecular flexibility index (Phi) is 4.36. The molecule has 1 atom stereocenters. The zero-order valence-electron chi connectivity index (χ0n) is 12.6. The minimum Gasteiger partial charge on any atom is -0.309 e. The molecule has 1 unspecified atom stereocenters. The molecule has 0 fully saturated rings. The van der Waals surface area contributed by atoms with Gasteiger partial charge in [0.05, 0.1) is 11.7 Å². The van der Waals surface area contributed by atoms with Crippen molar-refractivity contribution in [2.45, 2.75) is 45.6 Å². The zero-order chi connectivity index (χ0) is 14.8. The van der Waals surface area contributed by atoms with Crippen molar-refractivity contribution in [3.8, 4) is 10.6 Å². The van der Waals surface area contributed by atoms with E-state index in [1.54, 1.807) is 17.4 Å². The first-order chi connectivity index (χ1) is 10.2. The van der Waals surface area contributed by atoms with E-state index in [9.17, 15) is 4.39 Å². The van der Waals surface area contributed by atoms with Crippen LogP contribution in [-0.2, 0) is 6.42 Å². The molecule has 1 aromatic carbocycles. The largest absolute Gasteiger partial charge is 0.309 e. The van der Waals surface area contributed by atoms with Gasteiger partial charge in [0, 0.05) is 10.4 Å². The molecule has 2 aromatic rings. The van der Waals surface area contributed by atoms with Crippen LogP contribution in [0.2, 0.25) is 0 Å². The quantitative estimate of drug-likeness (QED) is 0.890. The van der Waals surface area contributed by atoms with Crippen molar-refractivity contribution >= 4 is 11.3 Å². The SMILES string of the molecule is CCCNC1CCCc2sc(-c3cc(F)ccc3C)nc21. The highest BCUT2D eigenvalue weighted by molar-refractivity contribution is 7.15. The Hall–Kier alpha value is -1.26. The molecule has 0 aliphatic heterocycles. The van der Waals surface area contributed by atoms with Gasteiger partial charge >= 0.3 is 0 Å². The molecule has 0 saturated heterocycles. The highest BCUT2D eigenvalue weighted by atomic mass is 32.1. The lowest BCUT2D eigenvalue weighted by atomic mass is 9.97. The van der Waals surface area contributed by atoms with Crippen LogP contribution < -0.4 is 5.32 Å². The normalized spacial score (nSPS) is 17.8. The molecule has 21 heavy (non-hydrogen) atoms. The van der Waals surface area contributed by atoms with E-state index < -0.39 is 0 Å². The number of halogens is 1. The van der Waals surface area contributed by atoms with E-state index in [4.69, 9.17) is 4.98 Å². The standard InChI is InChI=1S/C17H21FN2S/c1-3-9-19-14-5-4-6-15-16(14)20-17(21-15)13-10-12(18)8-7-11(13)2/h7-8,10,14,19H,3-6,9H2,1-2H3. The first-order valence-electron chi connectivity index (χ1n) is 7.68. The topological polar surface area (TPSA) is 24.9 Å². The molecule has 0 bridgehead atoms. The number of aromatic nitrogens is 1. The second-order valence-corrected chi connectivity index (χ2v) is 6.77. The fraction of sp³-hybridized carbons (Fsp3) is 0.471. The summed E-state index contributed by atoms with van der Waals surface area (Å²) in [5.74, 6) is -0.190. The van der Waals surface area contributed by atoms with Crippen molar-refractivity contribution in [3.63, 3.8) is 0 Å². The molecule has 0 spiro atoms. The summed E-state index contributed by atoms with van der Waals surface area (Å²) in [7, 11) is 0. The van der Waals surface area contributed by atoms with Crippen LogP contribution in [0.25, 0.3) is 10.6 Å². The third-order valence-corrected chi connectivity index (χ3v) is 5.19. The Bertz CT molecular complexity index is 636. The Morgan fingerprint density at radius 1 is 1.43 bits per heavy atom. The number of fused-ring (bicyclic) bond motifs is 1. The second kappa shape index (κ2) is 6.24. The lowest BCUT2D eigenvalue weighted by Crippen LogP contribution is -2.25. The predicted molar refractivity (Wildman–Crippen MR) is 86.2 cm³/mol. The highest BCUT2D eigenvalue weighted by Crippen LogP contribution is 2.38. The van der Waals surface area contributed by atoms with Crippen LogP contribution >= 0.6 is 11.3 Å². The molecule has 1 N–H and O–H groups in total. The van der Waals surface area contributed by atoms with Crippen molar-refractivity contribution in [1.82, 2.24) is 10.3 Å². The third-order valence-electron chi connectivity index (χ3n) is 4.03. The van der Waals surface area contributed by atoms with Crippen LogP contribution in [0.1, 0.15) is 48.4 Å². The molecule has 2 nitrogen and oxygen atoms in total. The van der Waals surface area contributed by atoms with E-state index in [2.05, 4.69) is 12.2 Å². The Morgan fingerprint density at radius 2 is 2.29 bits per heavy atom. The second-order valence-electron chi connectivity index (χ2n) is 5.69. The minimum atomic E-state index is -0.190. The zero-order valence-corrected chi connectivity index (χ0v) is 13.4. The first-order valence-corrected chi connectivity index (χ1v) is 8.50. The van der Waals surface area contributed by atoms with Crippen molar-refractivity contribution in [3.05, 3.63) is 40.2 Å². The monoisotopic (exact) mass is 304 g/mol. The van der Waals surface area contributed by atoms with Crippen LogP contribution in [-0.4, -0.2) is 11.5 Å². The van der Waals surface area contributed by atoms with Crippen molar-refractivity contribution in [1.29, 1.82) is 0 Å². The van der Waals surface area contributed by atoms with Crippen LogP contribution in [0.15, 0.2) is 18.2 Å². The van der Waals surface area contributed by atoms with Gasteiger partial charge < -0.3 is 5.32 Å². The Morgan fingerprint density at radius 3 is 3.10 bits per heavy atom. The van der Waals surface area contributed by atoms with Gasteiger partial charge in [-0.15, -0.1) is 11.3 Å². The third kappa shape index (κ3) is 3.01. The maximum Gasteiger partial charge on any atom is 0.124 e. The number of hydrogen-bond acceptors (Lipinski definition) is 3. The summed E-state index contributed by atoms with van der Waals surface area (Å²) in [5, 5.41) is 4.55. The lowest BCUT2D eigenvalue weighted by molar-refractivity contribution is 0.454. The summed E-state index contributed by atoms with van der Waals surface area (Å²) < 4.78 is 13.5. The van der Waals surface area contributed by atoms with Crippen molar-refractivity contribution in [2.24, 2.45) is 0 Å². The number of hydrogen-bond donors (Lipinski definition) is 1. The van der Waals surface area contributed by atoms with Crippen LogP contribution in [0.3, 0.4) is 0 Å². The molecule has 4 heteroatoms. The Balaban J connectivity index is 1.96. The minimum absolute atomic E-state index is 0.190. The molecular formula is C17H21FN2S. The molecular weight excluding hydrogens is 283 g/mol. The first kappa shape index (κ1) is 14.7. The molecule has 0 saturated carbocycles. The Labute approximate surface area is 129 Å². The van der Waals surface area contributed by atoms with Gasteiger partial charge in [-0.3, -0.25) is 0 Å². The molecule has 1 aliphatic carbocycles. The van der Waals surface area contributed by atoms with Gasteiger partial charge in [-0.25, -0.2) is 9.37 Å². The summed E-state index contributed by atoms with van der Waals surface area (Å²) >= 11 is 1.73.